The zero-order valence-electron chi connectivity index (χ0n) is 13.6. The predicted octanol–water partition coefficient (Wildman–Crippen LogP) is 5.48. The number of nitrogens with one attached hydrogen (secondary N) is 1. The van der Waals surface area contributed by atoms with Crippen molar-refractivity contribution >= 4 is 50.5 Å². The number of para-hydroxylation sites is 1. The minimum absolute atomic E-state index is 0.0984. The van der Waals surface area contributed by atoms with E-state index in [0.29, 0.717) is 16.1 Å². The highest BCUT2D eigenvalue weighted by Crippen LogP contribution is 2.39. The maximum atomic E-state index is 12.5. The number of thiophene rings is 2. The van der Waals surface area contributed by atoms with E-state index in [2.05, 4.69) is 5.32 Å². The Hall–Kier alpha value is -2.90. The summed E-state index contributed by atoms with van der Waals surface area (Å²) >= 11 is 2.71. The van der Waals surface area contributed by atoms with Crippen LogP contribution in [-0.4, -0.2) is 17.0 Å². The van der Waals surface area contributed by atoms with Crippen molar-refractivity contribution in [3.8, 4) is 10.4 Å². The number of carboxylic acids is 1. The topological polar surface area (TPSA) is 79.5 Å². The molecule has 1 amide bonds. The number of benzene rings is 1. The summed E-state index contributed by atoms with van der Waals surface area (Å²) in [7, 11) is 0. The first-order chi connectivity index (χ1) is 12.5. The second kappa shape index (κ2) is 6.44. The van der Waals surface area contributed by atoms with Crippen LogP contribution in [-0.2, 0) is 0 Å². The Bertz CT molecular complexity index is 1100. The number of carbonyl (C=O) groups excluding carboxylic acids is 1. The Balaban J connectivity index is 1.68. The van der Waals surface area contributed by atoms with Gasteiger partial charge in [0.1, 0.15) is 16.1 Å². The van der Waals surface area contributed by atoms with Gasteiger partial charge < -0.3 is 14.8 Å². The molecule has 0 bridgehead atoms. The number of fused-ring (bicyclic) bond motifs is 1. The van der Waals surface area contributed by atoms with Gasteiger partial charge in [-0.1, -0.05) is 18.2 Å². The number of amides is 1. The molecule has 1 aromatic carbocycles. The van der Waals surface area contributed by atoms with Crippen molar-refractivity contribution in [1.29, 1.82) is 0 Å². The number of hydrogen-bond donors (Lipinski definition) is 2. The summed E-state index contributed by atoms with van der Waals surface area (Å²) in [6.07, 6.45) is 0. The average Bonchev–Trinajstić information content (AvgIpc) is 3.31. The maximum Gasteiger partial charge on any atom is 0.339 e. The van der Waals surface area contributed by atoms with Crippen LogP contribution in [0.2, 0.25) is 0 Å². The minimum Gasteiger partial charge on any atom is -0.478 e. The predicted molar refractivity (Wildman–Crippen MR) is 103 cm³/mol. The molecule has 0 fully saturated rings. The summed E-state index contributed by atoms with van der Waals surface area (Å²) < 4.78 is 5.54. The fourth-order valence-electron chi connectivity index (χ4n) is 2.68. The van der Waals surface area contributed by atoms with E-state index >= 15 is 0 Å². The van der Waals surface area contributed by atoms with E-state index in [1.54, 1.807) is 17.5 Å². The summed E-state index contributed by atoms with van der Waals surface area (Å²) in [6.45, 7) is 1.96. The summed E-state index contributed by atoms with van der Waals surface area (Å²) in [6, 6.07) is 12.8. The molecule has 5 nitrogen and oxygen atoms in total. The first kappa shape index (κ1) is 16.6. The zero-order chi connectivity index (χ0) is 18.3. The summed E-state index contributed by atoms with van der Waals surface area (Å²) in [5, 5.41) is 15.2. The number of anilines is 1. The van der Waals surface area contributed by atoms with Crippen LogP contribution in [0.5, 0.6) is 0 Å². The summed E-state index contributed by atoms with van der Waals surface area (Å²) in [5.41, 5.74) is 1.32. The van der Waals surface area contributed by atoms with Crippen LogP contribution in [0.4, 0.5) is 5.00 Å². The second-order valence-electron chi connectivity index (χ2n) is 5.67. The molecule has 7 heteroatoms. The van der Waals surface area contributed by atoms with Crippen molar-refractivity contribution < 1.29 is 19.1 Å². The lowest BCUT2D eigenvalue weighted by Gasteiger charge is -2.03. The van der Waals surface area contributed by atoms with Gasteiger partial charge in [0, 0.05) is 26.1 Å². The van der Waals surface area contributed by atoms with Gasteiger partial charge in [-0.05, 0) is 31.2 Å². The molecule has 0 atom stereocenters. The van der Waals surface area contributed by atoms with Crippen molar-refractivity contribution in [1.82, 2.24) is 0 Å². The first-order valence-corrected chi connectivity index (χ1v) is 9.44. The Morgan fingerprint density at radius 2 is 1.96 bits per heavy atom. The molecular formula is C19H13NO4S2. The van der Waals surface area contributed by atoms with Crippen LogP contribution in [0, 0.1) is 6.92 Å². The highest BCUT2D eigenvalue weighted by molar-refractivity contribution is 7.17. The van der Waals surface area contributed by atoms with Crippen LogP contribution >= 0.6 is 22.7 Å². The van der Waals surface area contributed by atoms with E-state index in [9.17, 15) is 14.7 Å². The third kappa shape index (κ3) is 2.91. The monoisotopic (exact) mass is 383 g/mol. The molecule has 0 aliphatic carbocycles. The van der Waals surface area contributed by atoms with E-state index < -0.39 is 11.9 Å². The molecular weight excluding hydrogens is 370 g/mol. The minimum atomic E-state index is -1.08. The lowest BCUT2D eigenvalue weighted by molar-refractivity contribution is 0.0699. The molecule has 0 aliphatic heterocycles. The molecule has 2 N–H and O–H groups in total. The molecule has 0 aliphatic rings. The van der Waals surface area contributed by atoms with Gasteiger partial charge in [0.05, 0.1) is 0 Å². The Labute approximate surface area is 156 Å². The number of aryl methyl sites for hydroxylation is 1. The van der Waals surface area contributed by atoms with Gasteiger partial charge >= 0.3 is 5.97 Å². The van der Waals surface area contributed by atoms with E-state index in [1.807, 2.05) is 37.3 Å². The van der Waals surface area contributed by atoms with Crippen LogP contribution in [0.3, 0.4) is 0 Å². The van der Waals surface area contributed by atoms with Gasteiger partial charge in [-0.25, -0.2) is 4.79 Å². The smallest absolute Gasteiger partial charge is 0.339 e. The molecule has 130 valence electrons. The van der Waals surface area contributed by atoms with E-state index in [4.69, 9.17) is 4.42 Å². The number of carbonyl (C=O) groups is 2. The first-order valence-electron chi connectivity index (χ1n) is 7.74. The molecule has 3 aromatic heterocycles. The molecule has 26 heavy (non-hydrogen) atoms. The van der Waals surface area contributed by atoms with Crippen LogP contribution < -0.4 is 5.32 Å². The second-order valence-corrected chi connectivity index (χ2v) is 7.84. The average molecular weight is 383 g/mol. The van der Waals surface area contributed by atoms with Gasteiger partial charge in [-0.3, -0.25) is 4.79 Å². The Kier molecular flexibility index (Phi) is 4.10. The molecule has 3 heterocycles. The lowest BCUT2D eigenvalue weighted by atomic mass is 10.1. The van der Waals surface area contributed by atoms with Crippen molar-refractivity contribution in [2.45, 2.75) is 6.92 Å². The van der Waals surface area contributed by atoms with Gasteiger partial charge in [0.25, 0.3) is 5.91 Å². The SMILES string of the molecule is Cc1ccc(-c2csc(NC(=O)c3cc4ccccc4o3)c2C(=O)O)s1. The van der Waals surface area contributed by atoms with Crippen LogP contribution in [0.25, 0.3) is 21.4 Å². The largest absolute Gasteiger partial charge is 0.478 e. The van der Waals surface area contributed by atoms with Crippen LogP contribution in [0.1, 0.15) is 25.8 Å². The van der Waals surface area contributed by atoms with Crippen LogP contribution in [0.15, 0.2) is 52.3 Å². The Morgan fingerprint density at radius 1 is 1.15 bits per heavy atom. The molecule has 0 unspecified atom stereocenters. The molecule has 0 spiro atoms. The third-order valence-electron chi connectivity index (χ3n) is 3.89. The zero-order valence-corrected chi connectivity index (χ0v) is 15.2. The van der Waals surface area contributed by atoms with Gasteiger partial charge in [0.15, 0.2) is 5.76 Å². The summed E-state index contributed by atoms with van der Waals surface area (Å²) in [4.78, 5) is 26.3. The third-order valence-corrected chi connectivity index (χ3v) is 5.82. The number of furan rings is 1. The fourth-order valence-corrected chi connectivity index (χ4v) is 4.59. The van der Waals surface area contributed by atoms with Gasteiger partial charge in [-0.2, -0.15) is 0 Å². The highest BCUT2D eigenvalue weighted by atomic mass is 32.1. The molecule has 4 aromatic rings. The van der Waals surface area contributed by atoms with Crippen molar-refractivity contribution in [3.63, 3.8) is 0 Å². The number of carboxylic acid groups (broad SMARTS) is 1. The maximum absolute atomic E-state index is 12.5. The van der Waals surface area contributed by atoms with Gasteiger partial charge in [0.2, 0.25) is 0 Å². The molecule has 4 rings (SSSR count). The molecule has 0 radical (unpaired) electrons. The van der Waals surface area contributed by atoms with Gasteiger partial charge in [-0.15, -0.1) is 22.7 Å². The lowest BCUT2D eigenvalue weighted by Crippen LogP contribution is -2.12. The van der Waals surface area contributed by atoms with E-state index in [1.165, 1.54) is 22.7 Å². The van der Waals surface area contributed by atoms with Crippen molar-refractivity contribution in [2.75, 3.05) is 5.32 Å². The number of hydrogen-bond acceptors (Lipinski definition) is 5. The Morgan fingerprint density at radius 3 is 2.65 bits per heavy atom. The molecule has 0 saturated carbocycles. The summed E-state index contributed by atoms with van der Waals surface area (Å²) in [5.74, 6) is -1.41. The standard InChI is InChI=1S/C19H13NO4S2/c1-10-6-7-15(26-10)12-9-25-18(16(12)19(22)23)20-17(21)14-8-11-4-2-3-5-13(11)24-14/h2-9H,1H3,(H,20,21)(H,22,23). The highest BCUT2D eigenvalue weighted by Gasteiger charge is 2.23. The van der Waals surface area contributed by atoms with E-state index in [-0.39, 0.29) is 11.3 Å². The van der Waals surface area contributed by atoms with Crippen molar-refractivity contribution in [2.24, 2.45) is 0 Å². The number of aromatic carboxylic acids is 1. The van der Waals surface area contributed by atoms with Crippen molar-refractivity contribution in [3.05, 3.63) is 64.0 Å². The molecule has 0 saturated heterocycles. The van der Waals surface area contributed by atoms with E-state index in [0.717, 1.165) is 15.1 Å². The number of rotatable bonds is 4. The fraction of sp³-hybridized carbons (Fsp3) is 0.0526. The quantitative estimate of drug-likeness (QED) is 0.489. The normalized spacial score (nSPS) is 11.0.